The largest absolute Gasteiger partial charge is 0.365 e. The number of rotatable bonds is 7. The minimum absolute atomic E-state index is 0.00259. The lowest BCUT2D eigenvalue weighted by Gasteiger charge is -2.12. The molecule has 8 heteroatoms. The van der Waals surface area contributed by atoms with Gasteiger partial charge in [-0.05, 0) is 42.9 Å². The molecule has 0 spiro atoms. The van der Waals surface area contributed by atoms with Gasteiger partial charge < -0.3 is 15.8 Å². The van der Waals surface area contributed by atoms with Crippen LogP contribution in [0, 0.1) is 5.92 Å². The molecule has 0 bridgehead atoms. The van der Waals surface area contributed by atoms with Crippen LogP contribution < -0.4 is 11.1 Å². The van der Waals surface area contributed by atoms with Gasteiger partial charge in [0.1, 0.15) is 17.5 Å². The number of nitrogens with one attached hydrogen (secondary N) is 1. The highest BCUT2D eigenvalue weighted by Crippen LogP contribution is 2.22. The highest BCUT2D eigenvalue weighted by Gasteiger charge is 2.26. The zero-order valence-corrected chi connectivity index (χ0v) is 16.7. The van der Waals surface area contributed by atoms with Crippen molar-refractivity contribution in [2.75, 3.05) is 0 Å². The van der Waals surface area contributed by atoms with Gasteiger partial charge >= 0.3 is 0 Å². The summed E-state index contributed by atoms with van der Waals surface area (Å²) < 4.78 is 1.37. The Hall–Kier alpha value is -3.55. The van der Waals surface area contributed by atoms with Crippen molar-refractivity contribution in [2.24, 2.45) is 11.7 Å². The summed E-state index contributed by atoms with van der Waals surface area (Å²) in [7, 11) is 0. The predicted molar refractivity (Wildman–Crippen MR) is 110 cm³/mol. The van der Waals surface area contributed by atoms with Gasteiger partial charge in [-0.2, -0.15) is 5.10 Å². The average Bonchev–Trinajstić information content (AvgIpc) is 3.31. The van der Waals surface area contributed by atoms with Crippen LogP contribution in [0.2, 0.25) is 0 Å². The number of aldehydes is 1. The van der Waals surface area contributed by atoms with Crippen molar-refractivity contribution in [1.82, 2.24) is 19.9 Å². The molecule has 3 aromatic rings. The van der Waals surface area contributed by atoms with Gasteiger partial charge in [-0.1, -0.05) is 31.2 Å². The maximum Gasteiger partial charge on any atom is 0.270 e. The Labute approximate surface area is 173 Å². The van der Waals surface area contributed by atoms with E-state index in [-0.39, 0.29) is 34.8 Å². The number of amides is 2. The molecule has 30 heavy (non-hydrogen) atoms. The molecule has 8 nitrogen and oxygen atoms in total. The van der Waals surface area contributed by atoms with Gasteiger partial charge in [0.2, 0.25) is 0 Å². The SMILES string of the molecule is CC(C=O)CCc1nn2c(C(=O)NC3Cc4ccccc4C3)ccnc2c1C(N)=O. The Kier molecular flexibility index (Phi) is 5.31. The van der Waals surface area contributed by atoms with Crippen molar-refractivity contribution in [3.8, 4) is 0 Å². The van der Waals surface area contributed by atoms with Crippen LogP contribution in [0.1, 0.15) is 51.0 Å². The van der Waals surface area contributed by atoms with Gasteiger partial charge in [-0.15, -0.1) is 0 Å². The zero-order chi connectivity index (χ0) is 21.3. The quantitative estimate of drug-likeness (QED) is 0.577. The second-order valence-corrected chi connectivity index (χ2v) is 7.75. The molecule has 1 aliphatic rings. The topological polar surface area (TPSA) is 119 Å². The van der Waals surface area contributed by atoms with E-state index in [9.17, 15) is 14.4 Å². The molecule has 0 aliphatic heterocycles. The number of aryl methyl sites for hydroxylation is 1. The van der Waals surface area contributed by atoms with Crippen LogP contribution in [0.25, 0.3) is 5.65 Å². The summed E-state index contributed by atoms with van der Waals surface area (Å²) in [5.41, 5.74) is 9.22. The molecule has 154 valence electrons. The molecular weight excluding hydrogens is 382 g/mol. The van der Waals surface area contributed by atoms with Crippen molar-refractivity contribution in [1.29, 1.82) is 0 Å². The van der Waals surface area contributed by atoms with Crippen molar-refractivity contribution < 1.29 is 14.4 Å². The second-order valence-electron chi connectivity index (χ2n) is 7.75. The van der Waals surface area contributed by atoms with E-state index in [1.165, 1.54) is 21.8 Å². The minimum atomic E-state index is -0.657. The Balaban J connectivity index is 1.62. The van der Waals surface area contributed by atoms with Gasteiger partial charge in [-0.25, -0.2) is 9.50 Å². The number of carbonyl (C=O) groups is 3. The molecule has 0 saturated heterocycles. The molecule has 0 fully saturated rings. The molecule has 4 rings (SSSR count). The highest BCUT2D eigenvalue weighted by atomic mass is 16.2. The van der Waals surface area contributed by atoms with Crippen LogP contribution in [0.15, 0.2) is 36.5 Å². The van der Waals surface area contributed by atoms with E-state index in [0.29, 0.717) is 18.5 Å². The van der Waals surface area contributed by atoms with Crippen LogP contribution in [0.4, 0.5) is 0 Å². The molecule has 2 amide bonds. The number of fused-ring (bicyclic) bond motifs is 2. The Morgan fingerprint density at radius 3 is 2.60 bits per heavy atom. The number of benzene rings is 1. The number of nitrogens with two attached hydrogens (primary N) is 1. The van der Waals surface area contributed by atoms with Gasteiger partial charge in [0, 0.05) is 18.2 Å². The summed E-state index contributed by atoms with van der Waals surface area (Å²) in [4.78, 5) is 40.2. The number of carbonyl (C=O) groups excluding carboxylic acids is 3. The van der Waals surface area contributed by atoms with Crippen LogP contribution >= 0.6 is 0 Å². The van der Waals surface area contributed by atoms with Crippen molar-refractivity contribution >= 4 is 23.7 Å². The molecule has 2 aromatic heterocycles. The lowest BCUT2D eigenvalue weighted by molar-refractivity contribution is -0.110. The van der Waals surface area contributed by atoms with Crippen molar-refractivity contribution in [2.45, 2.75) is 38.6 Å². The first-order valence-electron chi connectivity index (χ1n) is 9.97. The number of hydrogen-bond acceptors (Lipinski definition) is 5. The summed E-state index contributed by atoms with van der Waals surface area (Å²) >= 11 is 0. The number of nitrogens with zero attached hydrogens (tertiary/aromatic N) is 3. The van der Waals surface area contributed by atoms with E-state index in [1.54, 1.807) is 13.0 Å². The molecule has 0 saturated carbocycles. The van der Waals surface area contributed by atoms with Gasteiger partial charge in [0.25, 0.3) is 11.8 Å². The fraction of sp³-hybridized carbons (Fsp3) is 0.318. The van der Waals surface area contributed by atoms with E-state index in [2.05, 4.69) is 27.5 Å². The van der Waals surface area contributed by atoms with Crippen LogP contribution in [-0.4, -0.2) is 38.7 Å². The standard InChI is InChI=1S/C22H23N5O3/c1-13(12-28)6-7-17-19(20(23)29)21-24-9-8-18(27(21)26-17)22(30)25-16-10-14-4-2-3-5-15(14)11-16/h2-5,8-9,12-13,16H,6-7,10-11H2,1H3,(H2,23,29)(H,25,30). The average molecular weight is 405 g/mol. The Morgan fingerprint density at radius 1 is 1.27 bits per heavy atom. The Morgan fingerprint density at radius 2 is 1.97 bits per heavy atom. The van der Waals surface area contributed by atoms with Gasteiger partial charge in [0.15, 0.2) is 5.65 Å². The van der Waals surface area contributed by atoms with Crippen molar-refractivity contribution in [3.05, 3.63) is 64.6 Å². The fourth-order valence-electron chi connectivity index (χ4n) is 3.94. The molecule has 3 N–H and O–H groups in total. The fourth-order valence-corrected chi connectivity index (χ4v) is 3.94. The van der Waals surface area contributed by atoms with E-state index in [1.807, 2.05) is 12.1 Å². The summed E-state index contributed by atoms with van der Waals surface area (Å²) in [5.74, 6) is -1.11. The molecule has 1 aromatic carbocycles. The molecular formula is C22H23N5O3. The summed E-state index contributed by atoms with van der Waals surface area (Å²) in [6.07, 6.45) is 4.79. The highest BCUT2D eigenvalue weighted by molar-refractivity contribution is 6.01. The first-order valence-corrected chi connectivity index (χ1v) is 9.97. The number of aromatic nitrogens is 3. The summed E-state index contributed by atoms with van der Waals surface area (Å²) in [6, 6.07) is 9.71. The molecule has 1 aliphatic carbocycles. The lowest BCUT2D eigenvalue weighted by atomic mass is 10.0. The smallest absolute Gasteiger partial charge is 0.270 e. The van der Waals surface area contributed by atoms with Crippen LogP contribution in [0.5, 0.6) is 0 Å². The molecule has 1 atom stereocenters. The molecule has 2 heterocycles. The second kappa shape index (κ2) is 8.06. The van der Waals surface area contributed by atoms with E-state index >= 15 is 0 Å². The van der Waals surface area contributed by atoms with Crippen LogP contribution in [0.3, 0.4) is 0 Å². The normalized spacial score (nSPS) is 14.4. The summed E-state index contributed by atoms with van der Waals surface area (Å²) in [5, 5.41) is 7.51. The number of primary amides is 1. The minimum Gasteiger partial charge on any atom is -0.365 e. The van der Waals surface area contributed by atoms with E-state index < -0.39 is 5.91 Å². The third-order valence-corrected chi connectivity index (χ3v) is 5.52. The van der Waals surface area contributed by atoms with E-state index in [4.69, 9.17) is 5.73 Å². The first-order chi connectivity index (χ1) is 14.5. The Bertz CT molecular complexity index is 1110. The van der Waals surface area contributed by atoms with Gasteiger partial charge in [0.05, 0.1) is 5.69 Å². The maximum absolute atomic E-state index is 13.0. The molecule has 0 radical (unpaired) electrons. The lowest BCUT2D eigenvalue weighted by Crippen LogP contribution is -2.36. The first kappa shape index (κ1) is 19.8. The third kappa shape index (κ3) is 3.68. The number of hydrogen-bond donors (Lipinski definition) is 2. The van der Waals surface area contributed by atoms with Crippen molar-refractivity contribution in [3.63, 3.8) is 0 Å². The zero-order valence-electron chi connectivity index (χ0n) is 16.7. The predicted octanol–water partition coefficient (Wildman–Crippen LogP) is 1.49. The van der Waals surface area contributed by atoms with Gasteiger partial charge in [-0.3, -0.25) is 9.59 Å². The third-order valence-electron chi connectivity index (χ3n) is 5.52. The summed E-state index contributed by atoms with van der Waals surface area (Å²) in [6.45, 7) is 1.80. The monoisotopic (exact) mass is 405 g/mol. The maximum atomic E-state index is 13.0. The molecule has 1 unspecified atom stereocenters. The van der Waals surface area contributed by atoms with Crippen LogP contribution in [-0.2, 0) is 24.1 Å². The van der Waals surface area contributed by atoms with E-state index in [0.717, 1.165) is 19.1 Å².